The highest BCUT2D eigenvalue weighted by atomic mass is 79.9. The van der Waals surface area contributed by atoms with E-state index < -0.39 is 0 Å². The zero-order valence-electron chi connectivity index (χ0n) is 11.5. The van der Waals surface area contributed by atoms with Crippen LogP contribution in [-0.2, 0) is 0 Å². The summed E-state index contributed by atoms with van der Waals surface area (Å²) < 4.78 is 0.962. The van der Waals surface area contributed by atoms with Crippen LogP contribution in [0.4, 0.5) is 5.69 Å². The molecular weight excluding hydrogens is 342 g/mol. The highest BCUT2D eigenvalue weighted by Crippen LogP contribution is 2.13. The van der Waals surface area contributed by atoms with Crippen molar-refractivity contribution in [2.24, 2.45) is 0 Å². The maximum atomic E-state index is 5.52. The fourth-order valence-electron chi connectivity index (χ4n) is 1.90. The van der Waals surface area contributed by atoms with E-state index in [1.807, 2.05) is 36.4 Å². The molecule has 0 spiro atoms. The van der Waals surface area contributed by atoms with Crippen LogP contribution in [0.5, 0.6) is 0 Å². The van der Waals surface area contributed by atoms with Crippen molar-refractivity contribution < 1.29 is 0 Å². The Labute approximate surface area is 135 Å². The van der Waals surface area contributed by atoms with Crippen molar-refractivity contribution in [1.29, 1.82) is 0 Å². The lowest BCUT2D eigenvalue weighted by molar-refractivity contribution is 1.32. The zero-order chi connectivity index (χ0) is 15.4. The molecule has 0 aliphatic carbocycles. The summed E-state index contributed by atoms with van der Waals surface area (Å²) >= 11 is 3.33. The molecule has 5 nitrogen and oxygen atoms in total. The minimum atomic E-state index is 0.649. The summed E-state index contributed by atoms with van der Waals surface area (Å²) in [4.78, 5) is 16.5. The van der Waals surface area contributed by atoms with Gasteiger partial charge >= 0.3 is 0 Å². The molecule has 4 rings (SSSR count). The standard InChI is InChI=1S/C8H5BrN2.C8H7N3/c2*9-6-4-8-7(11-5-6)2-1-3-10-8/h1-5H;1-5H,9H2. The van der Waals surface area contributed by atoms with Crippen LogP contribution in [-0.4, -0.2) is 19.9 Å². The van der Waals surface area contributed by atoms with Crippen LogP contribution >= 0.6 is 15.9 Å². The molecule has 4 aromatic heterocycles. The Morgan fingerprint density at radius 1 is 0.727 bits per heavy atom. The third-order valence-electron chi connectivity index (χ3n) is 2.89. The molecule has 0 saturated carbocycles. The van der Waals surface area contributed by atoms with E-state index in [1.165, 1.54) is 0 Å². The lowest BCUT2D eigenvalue weighted by atomic mass is 10.3. The van der Waals surface area contributed by atoms with Crippen molar-refractivity contribution in [3.05, 3.63) is 65.7 Å². The number of pyridine rings is 4. The van der Waals surface area contributed by atoms with Crippen LogP contribution in [0.1, 0.15) is 0 Å². The van der Waals surface area contributed by atoms with Gasteiger partial charge in [0.15, 0.2) is 0 Å². The lowest BCUT2D eigenvalue weighted by Gasteiger charge is -1.95. The van der Waals surface area contributed by atoms with Gasteiger partial charge in [-0.15, -0.1) is 0 Å². The SMILES string of the molecule is Brc1cnc2cccnc2c1.Nc1cnc2cccnc2c1. The number of nitrogen functional groups attached to an aromatic ring is 1. The fraction of sp³-hybridized carbons (Fsp3) is 0. The number of rotatable bonds is 0. The van der Waals surface area contributed by atoms with Gasteiger partial charge in [0, 0.05) is 23.1 Å². The predicted molar refractivity (Wildman–Crippen MR) is 91.2 cm³/mol. The number of halogens is 1. The zero-order valence-corrected chi connectivity index (χ0v) is 13.1. The van der Waals surface area contributed by atoms with Crippen LogP contribution in [0.2, 0.25) is 0 Å². The van der Waals surface area contributed by atoms with Crippen molar-refractivity contribution in [3.8, 4) is 0 Å². The molecule has 22 heavy (non-hydrogen) atoms. The average Bonchev–Trinajstić information content (AvgIpc) is 2.55. The Morgan fingerprint density at radius 3 is 2.00 bits per heavy atom. The van der Waals surface area contributed by atoms with Crippen LogP contribution in [0.15, 0.2) is 65.7 Å². The fourth-order valence-corrected chi connectivity index (χ4v) is 2.22. The number of hydrogen-bond donors (Lipinski definition) is 1. The molecule has 0 aliphatic heterocycles. The molecule has 0 amide bonds. The maximum absolute atomic E-state index is 5.52. The highest BCUT2D eigenvalue weighted by molar-refractivity contribution is 9.10. The first kappa shape index (κ1) is 14.3. The molecular formula is C16H12BrN5. The van der Waals surface area contributed by atoms with Gasteiger partial charge in [-0.05, 0) is 52.3 Å². The van der Waals surface area contributed by atoms with E-state index in [1.54, 1.807) is 24.8 Å². The Morgan fingerprint density at radius 2 is 1.32 bits per heavy atom. The minimum absolute atomic E-state index is 0.649. The molecule has 4 heterocycles. The Hall–Kier alpha value is -2.60. The molecule has 0 aromatic carbocycles. The smallest absolute Gasteiger partial charge is 0.0907 e. The molecule has 2 N–H and O–H groups in total. The van der Waals surface area contributed by atoms with Gasteiger partial charge in [-0.25, -0.2) is 0 Å². The summed E-state index contributed by atoms with van der Waals surface area (Å²) in [7, 11) is 0. The number of aromatic nitrogens is 4. The molecule has 0 atom stereocenters. The van der Waals surface area contributed by atoms with E-state index in [4.69, 9.17) is 5.73 Å². The monoisotopic (exact) mass is 353 g/mol. The maximum Gasteiger partial charge on any atom is 0.0907 e. The second-order valence-electron chi connectivity index (χ2n) is 4.51. The summed E-state index contributed by atoms with van der Waals surface area (Å²) in [6.45, 7) is 0. The average molecular weight is 354 g/mol. The van der Waals surface area contributed by atoms with Crippen LogP contribution in [0.25, 0.3) is 22.1 Å². The topological polar surface area (TPSA) is 77.6 Å². The van der Waals surface area contributed by atoms with E-state index in [0.29, 0.717) is 5.69 Å². The van der Waals surface area contributed by atoms with E-state index in [0.717, 1.165) is 26.5 Å². The van der Waals surface area contributed by atoms with Gasteiger partial charge in [0.2, 0.25) is 0 Å². The molecule has 0 radical (unpaired) electrons. The van der Waals surface area contributed by atoms with Crippen molar-refractivity contribution in [3.63, 3.8) is 0 Å². The first-order valence-electron chi connectivity index (χ1n) is 6.55. The van der Waals surface area contributed by atoms with Crippen LogP contribution in [0, 0.1) is 0 Å². The molecule has 0 saturated heterocycles. The molecule has 0 aliphatic rings. The molecule has 6 heteroatoms. The number of nitrogens with two attached hydrogens (primary N) is 1. The number of fused-ring (bicyclic) bond motifs is 2. The summed E-state index contributed by atoms with van der Waals surface area (Å²) in [5.74, 6) is 0. The molecule has 0 bridgehead atoms. The van der Waals surface area contributed by atoms with Crippen molar-refractivity contribution >= 4 is 43.7 Å². The van der Waals surface area contributed by atoms with E-state index in [9.17, 15) is 0 Å². The summed E-state index contributed by atoms with van der Waals surface area (Å²) in [5.41, 5.74) is 9.73. The summed E-state index contributed by atoms with van der Waals surface area (Å²) in [5, 5.41) is 0. The van der Waals surface area contributed by atoms with Crippen LogP contribution < -0.4 is 5.73 Å². The van der Waals surface area contributed by atoms with Gasteiger partial charge in [0.05, 0.1) is 34.0 Å². The predicted octanol–water partition coefficient (Wildman–Crippen LogP) is 3.60. The second kappa shape index (κ2) is 6.44. The van der Waals surface area contributed by atoms with Crippen molar-refractivity contribution in [2.45, 2.75) is 0 Å². The molecule has 4 aromatic rings. The van der Waals surface area contributed by atoms with Crippen LogP contribution in [0.3, 0.4) is 0 Å². The first-order valence-corrected chi connectivity index (χ1v) is 7.34. The Balaban J connectivity index is 0.000000131. The van der Waals surface area contributed by atoms with Gasteiger partial charge in [-0.3, -0.25) is 19.9 Å². The van der Waals surface area contributed by atoms with E-state index >= 15 is 0 Å². The summed E-state index contributed by atoms with van der Waals surface area (Å²) in [6.07, 6.45) is 6.88. The van der Waals surface area contributed by atoms with Crippen molar-refractivity contribution in [2.75, 3.05) is 5.73 Å². The van der Waals surface area contributed by atoms with E-state index in [2.05, 4.69) is 35.9 Å². The molecule has 0 fully saturated rings. The minimum Gasteiger partial charge on any atom is -0.397 e. The second-order valence-corrected chi connectivity index (χ2v) is 5.42. The number of anilines is 1. The highest BCUT2D eigenvalue weighted by Gasteiger charge is 1.94. The quantitative estimate of drug-likeness (QED) is 0.522. The normalized spacial score (nSPS) is 10.2. The number of hydrogen-bond acceptors (Lipinski definition) is 5. The van der Waals surface area contributed by atoms with Gasteiger partial charge in [-0.1, -0.05) is 0 Å². The Bertz CT molecular complexity index is 849. The molecule has 108 valence electrons. The third kappa shape index (κ3) is 3.35. The van der Waals surface area contributed by atoms with Crippen molar-refractivity contribution in [1.82, 2.24) is 19.9 Å². The van der Waals surface area contributed by atoms with Gasteiger partial charge in [0.25, 0.3) is 0 Å². The van der Waals surface area contributed by atoms with Gasteiger partial charge < -0.3 is 5.73 Å². The van der Waals surface area contributed by atoms with Gasteiger partial charge in [0.1, 0.15) is 0 Å². The van der Waals surface area contributed by atoms with E-state index in [-0.39, 0.29) is 0 Å². The molecule has 0 unspecified atom stereocenters. The largest absolute Gasteiger partial charge is 0.397 e. The Kier molecular flexibility index (Phi) is 4.20. The lowest BCUT2D eigenvalue weighted by Crippen LogP contribution is -1.87. The summed E-state index contributed by atoms with van der Waals surface area (Å²) in [6, 6.07) is 11.3. The van der Waals surface area contributed by atoms with Gasteiger partial charge in [-0.2, -0.15) is 0 Å². The third-order valence-corrected chi connectivity index (χ3v) is 3.32. The first-order chi connectivity index (χ1) is 10.7. The number of nitrogens with zero attached hydrogens (tertiary/aromatic N) is 4.